The molecule has 0 rings (SSSR count). The molecule has 0 aromatic carbocycles. The molecule has 0 aromatic rings. The van der Waals surface area contributed by atoms with Gasteiger partial charge in [-0.1, -0.05) is 51.5 Å². The van der Waals surface area contributed by atoms with Crippen LogP contribution in [0.5, 0.6) is 0 Å². The fourth-order valence-corrected chi connectivity index (χ4v) is 1.53. The van der Waals surface area contributed by atoms with Gasteiger partial charge >= 0.3 is 0 Å². The maximum atomic E-state index is 8.35. The molecule has 18 heavy (non-hydrogen) atoms. The van der Waals surface area contributed by atoms with E-state index < -0.39 is 0 Å². The largest absolute Gasteiger partial charge is 0.231 e. The first-order valence-electron chi connectivity index (χ1n) is 5.78. The minimum Gasteiger partial charge on any atom is -0.222 e. The molecule has 0 heterocycles. The molecule has 0 fully saturated rings. The van der Waals surface area contributed by atoms with Gasteiger partial charge in [-0.3, -0.25) is 0 Å². The number of nitrogens with one attached hydrogen (secondary N) is 3. The first-order chi connectivity index (χ1) is 8.66. The summed E-state index contributed by atoms with van der Waals surface area (Å²) in [5, 5.41) is 16.2. The summed E-state index contributed by atoms with van der Waals surface area (Å²) in [6.45, 7) is 2.27. The van der Waals surface area contributed by atoms with Gasteiger partial charge in [-0.15, -0.1) is 0 Å². The van der Waals surface area contributed by atoms with Crippen LogP contribution in [0, 0.1) is 16.2 Å². The zero-order valence-corrected chi connectivity index (χ0v) is 13.2. The Bertz CT molecular complexity index is 195. The summed E-state index contributed by atoms with van der Waals surface area (Å²) in [4.78, 5) is 25.0. The third kappa shape index (κ3) is 135. The van der Waals surface area contributed by atoms with Crippen LogP contribution in [0.1, 0.15) is 45.4 Å². The lowest BCUT2D eigenvalue weighted by atomic mass is 10.1. The van der Waals surface area contributed by atoms with E-state index in [2.05, 4.69) is 6.92 Å². The van der Waals surface area contributed by atoms with Crippen molar-refractivity contribution in [3.05, 3.63) is 0 Å². The van der Waals surface area contributed by atoms with Crippen molar-refractivity contribution in [1.29, 1.82) is 16.2 Å². The third-order valence-electron chi connectivity index (χ3n) is 1.71. The van der Waals surface area contributed by atoms with Gasteiger partial charge in [-0.05, 0) is 0 Å². The topological polar surface area (TPSA) is 123 Å². The van der Waals surface area contributed by atoms with Crippen molar-refractivity contribution < 1.29 is 14.4 Å². The van der Waals surface area contributed by atoms with Crippen LogP contribution in [0.25, 0.3) is 0 Å². The summed E-state index contributed by atoms with van der Waals surface area (Å²) in [6.07, 6.45) is 11.0. The van der Waals surface area contributed by atoms with E-state index in [4.69, 9.17) is 30.6 Å². The Hall–Kier alpha value is -1.64. The van der Waals surface area contributed by atoms with Crippen LogP contribution >= 0.6 is 0 Å². The van der Waals surface area contributed by atoms with Gasteiger partial charge in [0, 0.05) is 10.2 Å². The molecule has 0 saturated heterocycles. The summed E-state index contributed by atoms with van der Waals surface area (Å²) in [5.74, 6) is 0. The molecule has 0 aliphatic rings. The van der Waals surface area contributed by atoms with Gasteiger partial charge < -0.3 is 0 Å². The Balaban J connectivity index is -0.0000000902. The van der Waals surface area contributed by atoms with Crippen molar-refractivity contribution in [3.63, 3.8) is 0 Å². The molecule has 0 radical (unpaired) electrons. The van der Waals surface area contributed by atoms with Crippen molar-refractivity contribution in [3.8, 4) is 0 Å². The fraction of sp³-hybridized carbons (Fsp3) is 0.727. The maximum Gasteiger partial charge on any atom is 0.231 e. The predicted octanol–water partition coefficient (Wildman–Crippen LogP) is 1.83. The normalized spacial score (nSPS) is 6.50. The van der Waals surface area contributed by atoms with E-state index >= 15 is 0 Å². The summed E-state index contributed by atoms with van der Waals surface area (Å²) in [5.41, 5.74) is 0. The molecule has 104 valence electrons. The number of carbonyl (C=O) groups excluding carboxylic acids is 3. The molecule has 0 bridgehead atoms. The van der Waals surface area contributed by atoms with E-state index in [9.17, 15) is 0 Å². The number of unbranched alkanes of at least 4 members (excludes halogenated alkanes) is 5. The molecule has 0 aromatic heterocycles. The van der Waals surface area contributed by atoms with Crippen LogP contribution in [0.2, 0.25) is 6.04 Å². The number of hydrogen-bond donors (Lipinski definition) is 3. The van der Waals surface area contributed by atoms with Crippen LogP contribution in [0.3, 0.4) is 0 Å². The minimum absolute atomic E-state index is 0.750. The van der Waals surface area contributed by atoms with Crippen molar-refractivity contribution in [1.82, 2.24) is 0 Å². The lowest BCUT2D eigenvalue weighted by Gasteiger charge is -1.96. The van der Waals surface area contributed by atoms with Gasteiger partial charge in [0.25, 0.3) is 0 Å². The van der Waals surface area contributed by atoms with Gasteiger partial charge in [-0.2, -0.15) is 0 Å². The second-order valence-corrected chi connectivity index (χ2v) is 4.07. The highest BCUT2D eigenvalue weighted by molar-refractivity contribution is 6.08. The Kier molecular flexibility index (Phi) is 63.6. The quantitative estimate of drug-likeness (QED) is 0.296. The number of hydrogen-bond acceptors (Lipinski definition) is 6. The highest BCUT2D eigenvalue weighted by atomic mass is 28.1. The van der Waals surface area contributed by atoms with Crippen LogP contribution in [0.4, 0.5) is 0 Å². The molecule has 3 N–H and O–H groups in total. The van der Waals surface area contributed by atoms with Crippen molar-refractivity contribution in [2.45, 2.75) is 51.5 Å². The van der Waals surface area contributed by atoms with Crippen LogP contribution in [-0.4, -0.2) is 28.5 Å². The summed E-state index contributed by atoms with van der Waals surface area (Å²) < 4.78 is 0. The zero-order chi connectivity index (χ0) is 15.1. The molecular weight excluding hydrogens is 250 g/mol. The van der Waals surface area contributed by atoms with E-state index in [1.807, 2.05) is 0 Å². The predicted molar refractivity (Wildman–Crippen MR) is 73.4 cm³/mol. The summed E-state index contributed by atoms with van der Waals surface area (Å²) in [7, 11) is 1.41. The Morgan fingerprint density at radius 3 is 1.33 bits per heavy atom. The van der Waals surface area contributed by atoms with E-state index in [0.29, 0.717) is 0 Å². The van der Waals surface area contributed by atoms with Crippen molar-refractivity contribution >= 4 is 28.5 Å². The fourth-order valence-electron chi connectivity index (χ4n) is 1.03. The molecule has 0 aliphatic carbocycles. The Labute approximate surface area is 111 Å². The average molecular weight is 273 g/mol. The molecule has 0 spiro atoms. The number of rotatable bonds is 6. The van der Waals surface area contributed by atoms with E-state index in [-0.39, 0.29) is 0 Å². The second kappa shape index (κ2) is 45.3. The first kappa shape index (κ1) is 25.3. The standard InChI is InChI=1S/C8H20Si.3CHNO/c1-2-3-4-5-6-7-8-9;3*2-1-3/h2-8H2,1,9H3;3*2H. The molecular formula is C11H23N3O3Si. The average Bonchev–Trinajstić information content (AvgIpc) is 2.32. The SMILES string of the molecule is CCCCCCCC[SiH3].N=C=O.N=C=O.N=C=O. The van der Waals surface area contributed by atoms with Gasteiger partial charge in [-0.25, -0.2) is 30.6 Å². The molecule has 0 unspecified atom stereocenters. The maximum absolute atomic E-state index is 8.35. The lowest BCUT2D eigenvalue weighted by Crippen LogP contribution is -1.77. The smallest absolute Gasteiger partial charge is 0.222 e. The molecule has 0 saturated carbocycles. The summed E-state index contributed by atoms with van der Waals surface area (Å²) >= 11 is 0. The van der Waals surface area contributed by atoms with Crippen LogP contribution < -0.4 is 0 Å². The van der Waals surface area contributed by atoms with E-state index in [1.54, 1.807) is 0 Å². The Morgan fingerprint density at radius 2 is 1.06 bits per heavy atom. The molecule has 0 aliphatic heterocycles. The van der Waals surface area contributed by atoms with E-state index in [1.165, 1.54) is 54.8 Å². The first-order valence-corrected chi connectivity index (χ1v) is 7.19. The monoisotopic (exact) mass is 273 g/mol. The second-order valence-electron chi connectivity index (χ2n) is 3.07. The lowest BCUT2D eigenvalue weighted by molar-refractivity contribution is 0.562. The van der Waals surface area contributed by atoms with Crippen LogP contribution in [-0.2, 0) is 14.4 Å². The highest BCUT2D eigenvalue weighted by Crippen LogP contribution is 2.05. The summed E-state index contributed by atoms with van der Waals surface area (Å²) in [6, 6.07) is 1.51. The molecule has 0 amide bonds. The third-order valence-corrected chi connectivity index (χ3v) is 2.41. The van der Waals surface area contributed by atoms with Crippen molar-refractivity contribution in [2.24, 2.45) is 0 Å². The molecule has 7 heteroatoms. The molecule has 0 atom stereocenters. The minimum atomic E-state index is 0.750. The van der Waals surface area contributed by atoms with Gasteiger partial charge in [0.05, 0.1) is 0 Å². The molecule has 6 nitrogen and oxygen atoms in total. The van der Waals surface area contributed by atoms with Gasteiger partial charge in [0.1, 0.15) is 0 Å². The zero-order valence-electron chi connectivity index (χ0n) is 11.2. The highest BCUT2D eigenvalue weighted by Gasteiger charge is 1.85. The van der Waals surface area contributed by atoms with Gasteiger partial charge in [0.2, 0.25) is 18.2 Å². The van der Waals surface area contributed by atoms with Crippen LogP contribution in [0.15, 0.2) is 0 Å². The van der Waals surface area contributed by atoms with E-state index in [0.717, 1.165) is 18.2 Å². The van der Waals surface area contributed by atoms with Gasteiger partial charge in [0.15, 0.2) is 0 Å². The van der Waals surface area contributed by atoms with Crippen molar-refractivity contribution in [2.75, 3.05) is 0 Å². The Morgan fingerprint density at radius 1 is 0.778 bits per heavy atom. The number of isocyanates is 3.